The summed E-state index contributed by atoms with van der Waals surface area (Å²) in [5.41, 5.74) is -0.0352. The first-order valence-electron chi connectivity index (χ1n) is 8.56. The molecule has 2 aromatic rings. The lowest BCUT2D eigenvalue weighted by Crippen LogP contribution is -2.36. The van der Waals surface area contributed by atoms with Crippen molar-refractivity contribution in [2.75, 3.05) is 24.1 Å². The number of sulfonamides is 1. The van der Waals surface area contributed by atoms with Crippen LogP contribution in [-0.4, -0.2) is 39.1 Å². The van der Waals surface area contributed by atoms with Crippen molar-refractivity contribution in [3.05, 3.63) is 71.3 Å². The Hall–Kier alpha value is -3.40. The molecule has 0 aliphatic carbocycles. The second kappa shape index (κ2) is 9.69. The highest BCUT2D eigenvalue weighted by atomic mass is 32.2. The number of hydrogen-bond donors (Lipinski definition) is 0. The lowest BCUT2D eigenvalue weighted by molar-refractivity contribution is -0.384. The summed E-state index contributed by atoms with van der Waals surface area (Å²) in [5, 5.41) is 10.8. The molecule has 9 nitrogen and oxygen atoms in total. The number of non-ortho nitro benzene ring substituents is 1. The summed E-state index contributed by atoms with van der Waals surface area (Å²) in [6.45, 7) is 4.98. The molecule has 0 saturated carbocycles. The minimum atomic E-state index is -4.19. The van der Waals surface area contributed by atoms with Gasteiger partial charge in [0.2, 0.25) is 0 Å². The lowest BCUT2D eigenvalue weighted by Gasteiger charge is -2.23. The Bertz CT molecular complexity index is 971. The first-order chi connectivity index (χ1) is 13.8. The first kappa shape index (κ1) is 21.9. The minimum Gasteiger partial charge on any atom is -0.490 e. The van der Waals surface area contributed by atoms with E-state index in [4.69, 9.17) is 9.47 Å². The summed E-state index contributed by atoms with van der Waals surface area (Å²) >= 11 is 0. The standard InChI is InChI=1S/C19H20N2O7S/c1-3-13-28-17-9-5-15(6-10-17)20(14-19(22)27-4-2)29(25,26)18-11-7-16(8-12-18)21(23)24/h3,5-12H,1,4,13-14H2,2H3. The molecule has 0 aromatic heterocycles. The molecule has 0 saturated heterocycles. The second-order valence-electron chi connectivity index (χ2n) is 5.66. The molecule has 2 aromatic carbocycles. The summed E-state index contributed by atoms with van der Waals surface area (Å²) in [7, 11) is -4.19. The third-order valence-corrected chi connectivity index (χ3v) is 5.49. The molecule has 154 valence electrons. The number of benzene rings is 2. The first-order valence-corrected chi connectivity index (χ1v) is 10.00. The van der Waals surface area contributed by atoms with E-state index in [1.54, 1.807) is 25.1 Å². The van der Waals surface area contributed by atoms with E-state index < -0.39 is 27.5 Å². The number of hydrogen-bond acceptors (Lipinski definition) is 7. The highest BCUT2D eigenvalue weighted by Gasteiger charge is 2.28. The van der Waals surface area contributed by atoms with E-state index in [0.29, 0.717) is 5.75 Å². The van der Waals surface area contributed by atoms with Crippen molar-refractivity contribution in [2.24, 2.45) is 0 Å². The van der Waals surface area contributed by atoms with Gasteiger partial charge in [0.15, 0.2) is 0 Å². The third-order valence-electron chi connectivity index (χ3n) is 3.71. The van der Waals surface area contributed by atoms with Crippen LogP contribution in [0, 0.1) is 10.1 Å². The van der Waals surface area contributed by atoms with Crippen LogP contribution >= 0.6 is 0 Å². The quantitative estimate of drug-likeness (QED) is 0.251. The maximum Gasteiger partial charge on any atom is 0.326 e. The summed E-state index contributed by atoms with van der Waals surface area (Å²) < 4.78 is 37.4. The molecule has 0 atom stereocenters. The predicted molar refractivity (Wildman–Crippen MR) is 106 cm³/mol. The summed E-state index contributed by atoms with van der Waals surface area (Å²) in [6, 6.07) is 10.5. The monoisotopic (exact) mass is 420 g/mol. The van der Waals surface area contributed by atoms with Crippen LogP contribution in [0.25, 0.3) is 0 Å². The van der Waals surface area contributed by atoms with E-state index in [-0.39, 0.29) is 29.5 Å². The maximum absolute atomic E-state index is 13.1. The fourth-order valence-corrected chi connectivity index (χ4v) is 3.78. The Labute approximate surface area is 168 Å². The van der Waals surface area contributed by atoms with Gasteiger partial charge < -0.3 is 9.47 Å². The molecule has 0 spiro atoms. The molecule has 0 N–H and O–H groups in total. The van der Waals surface area contributed by atoms with Gasteiger partial charge >= 0.3 is 5.97 Å². The average Bonchev–Trinajstić information content (AvgIpc) is 2.71. The van der Waals surface area contributed by atoms with Crippen molar-refractivity contribution in [2.45, 2.75) is 11.8 Å². The van der Waals surface area contributed by atoms with Gasteiger partial charge in [0.1, 0.15) is 18.9 Å². The molecule has 0 amide bonds. The topological polar surface area (TPSA) is 116 Å². The maximum atomic E-state index is 13.1. The molecule has 0 radical (unpaired) electrons. The summed E-state index contributed by atoms with van der Waals surface area (Å²) in [5.74, 6) is -0.234. The van der Waals surface area contributed by atoms with Crippen LogP contribution < -0.4 is 9.04 Å². The smallest absolute Gasteiger partial charge is 0.326 e. The molecule has 0 unspecified atom stereocenters. The van der Waals surface area contributed by atoms with Crippen molar-refractivity contribution < 1.29 is 27.6 Å². The minimum absolute atomic E-state index is 0.0958. The zero-order valence-electron chi connectivity index (χ0n) is 15.7. The zero-order chi connectivity index (χ0) is 21.4. The van der Waals surface area contributed by atoms with E-state index in [2.05, 4.69) is 6.58 Å². The van der Waals surface area contributed by atoms with Gasteiger partial charge in [-0.1, -0.05) is 12.7 Å². The van der Waals surface area contributed by atoms with Crippen molar-refractivity contribution >= 4 is 27.4 Å². The number of nitro groups is 1. The Balaban J connectivity index is 2.41. The number of anilines is 1. The van der Waals surface area contributed by atoms with Crippen molar-refractivity contribution in [3.8, 4) is 5.75 Å². The van der Waals surface area contributed by atoms with Gasteiger partial charge in [0.25, 0.3) is 15.7 Å². The van der Waals surface area contributed by atoms with E-state index in [9.17, 15) is 23.3 Å². The summed E-state index contributed by atoms with van der Waals surface area (Å²) in [4.78, 5) is 22.0. The van der Waals surface area contributed by atoms with Crippen molar-refractivity contribution in [1.29, 1.82) is 0 Å². The van der Waals surface area contributed by atoms with E-state index in [0.717, 1.165) is 28.6 Å². The molecule has 29 heavy (non-hydrogen) atoms. The molecular formula is C19H20N2O7S. The Kier molecular flexibility index (Phi) is 7.32. The molecule has 10 heteroatoms. The number of carbonyl (C=O) groups excluding carboxylic acids is 1. The van der Waals surface area contributed by atoms with Gasteiger partial charge in [0.05, 0.1) is 22.1 Å². The number of nitro benzene ring substituents is 1. The second-order valence-corrected chi connectivity index (χ2v) is 7.52. The summed E-state index contributed by atoms with van der Waals surface area (Å²) in [6.07, 6.45) is 1.57. The van der Waals surface area contributed by atoms with E-state index in [1.165, 1.54) is 12.1 Å². The van der Waals surface area contributed by atoms with Crippen LogP contribution in [0.1, 0.15) is 6.92 Å². The number of carbonyl (C=O) groups is 1. The number of ether oxygens (including phenoxy) is 2. The molecular weight excluding hydrogens is 400 g/mol. The highest BCUT2D eigenvalue weighted by Crippen LogP contribution is 2.27. The van der Waals surface area contributed by atoms with Crippen LogP contribution in [0.15, 0.2) is 66.1 Å². The fourth-order valence-electron chi connectivity index (χ4n) is 2.37. The average molecular weight is 420 g/mol. The molecule has 0 fully saturated rings. The molecule has 0 aliphatic rings. The van der Waals surface area contributed by atoms with E-state index >= 15 is 0 Å². The number of esters is 1. The van der Waals surface area contributed by atoms with Gasteiger partial charge in [-0.2, -0.15) is 0 Å². The van der Waals surface area contributed by atoms with Crippen LogP contribution in [0.3, 0.4) is 0 Å². The van der Waals surface area contributed by atoms with Gasteiger partial charge in [-0.15, -0.1) is 0 Å². The Morgan fingerprint density at radius 2 is 1.79 bits per heavy atom. The Morgan fingerprint density at radius 1 is 1.17 bits per heavy atom. The fraction of sp³-hybridized carbons (Fsp3) is 0.211. The van der Waals surface area contributed by atoms with Crippen LogP contribution in [0.4, 0.5) is 11.4 Å². The molecule has 0 heterocycles. The van der Waals surface area contributed by atoms with Crippen molar-refractivity contribution in [1.82, 2.24) is 0 Å². The number of rotatable bonds is 10. The Morgan fingerprint density at radius 3 is 2.31 bits per heavy atom. The lowest BCUT2D eigenvalue weighted by atomic mass is 10.3. The van der Waals surface area contributed by atoms with Gasteiger partial charge in [-0.25, -0.2) is 8.42 Å². The molecule has 0 bridgehead atoms. The van der Waals surface area contributed by atoms with Crippen LogP contribution in [0.5, 0.6) is 5.75 Å². The van der Waals surface area contributed by atoms with Crippen LogP contribution in [-0.2, 0) is 19.6 Å². The van der Waals surface area contributed by atoms with Crippen molar-refractivity contribution in [3.63, 3.8) is 0 Å². The molecule has 2 rings (SSSR count). The highest BCUT2D eigenvalue weighted by molar-refractivity contribution is 7.92. The van der Waals surface area contributed by atoms with Gasteiger partial charge in [-0.3, -0.25) is 19.2 Å². The SMILES string of the molecule is C=CCOc1ccc(N(CC(=O)OCC)S(=O)(=O)c2ccc([N+](=O)[O-])cc2)cc1. The predicted octanol–water partition coefficient (Wildman–Crippen LogP) is 2.92. The van der Waals surface area contributed by atoms with Gasteiger partial charge in [0, 0.05) is 12.1 Å². The molecule has 0 aliphatic heterocycles. The van der Waals surface area contributed by atoms with E-state index in [1.807, 2.05) is 0 Å². The van der Waals surface area contributed by atoms with Crippen LogP contribution in [0.2, 0.25) is 0 Å². The number of nitrogens with zero attached hydrogens (tertiary/aromatic N) is 2. The zero-order valence-corrected chi connectivity index (χ0v) is 16.5. The normalized spacial score (nSPS) is 10.8. The largest absolute Gasteiger partial charge is 0.490 e. The third kappa shape index (κ3) is 5.55. The van der Waals surface area contributed by atoms with Gasteiger partial charge in [-0.05, 0) is 43.3 Å².